The monoisotopic (exact) mass is 342 g/mol. The molecule has 3 heterocycles. The van der Waals surface area contributed by atoms with Gasteiger partial charge in [-0.25, -0.2) is 4.98 Å². The first kappa shape index (κ1) is 16.1. The first-order valence-electron chi connectivity index (χ1n) is 9.02. The molecule has 0 aromatic carbocycles. The summed E-state index contributed by atoms with van der Waals surface area (Å²) in [7, 11) is 0. The standard InChI is InChI=1S/C18H22N4O3/c1-2-3-13-16-12(18(24)22-8-6-15(23)19-7-9-22)10-14(11-4-5-11)20-17(16)25-21-13/h10-11H,2-9H2,1H3,(H,19,23). The molecule has 25 heavy (non-hydrogen) atoms. The zero-order chi connectivity index (χ0) is 17.4. The Balaban J connectivity index is 1.76. The second kappa shape index (κ2) is 6.46. The number of fused-ring (bicyclic) bond motifs is 1. The lowest BCUT2D eigenvalue weighted by atomic mass is 10.0. The largest absolute Gasteiger partial charge is 0.354 e. The first-order chi connectivity index (χ1) is 12.2. The first-order valence-corrected chi connectivity index (χ1v) is 9.02. The van der Waals surface area contributed by atoms with Crippen LogP contribution in [0.25, 0.3) is 11.1 Å². The number of hydrogen-bond donors (Lipinski definition) is 1. The van der Waals surface area contributed by atoms with Crippen molar-refractivity contribution >= 4 is 22.9 Å². The van der Waals surface area contributed by atoms with Gasteiger partial charge in [0, 0.05) is 37.7 Å². The van der Waals surface area contributed by atoms with Gasteiger partial charge in [0.2, 0.25) is 5.91 Å². The Kier molecular flexibility index (Phi) is 4.15. The van der Waals surface area contributed by atoms with Crippen molar-refractivity contribution in [2.45, 2.75) is 44.9 Å². The van der Waals surface area contributed by atoms with Crippen LogP contribution in [0.1, 0.15) is 60.3 Å². The Morgan fingerprint density at radius 3 is 3.00 bits per heavy atom. The Labute approximate surface area is 145 Å². The molecule has 1 aliphatic heterocycles. The van der Waals surface area contributed by atoms with Crippen LogP contribution in [-0.4, -0.2) is 46.5 Å². The molecule has 2 amide bonds. The van der Waals surface area contributed by atoms with Crippen molar-refractivity contribution in [2.24, 2.45) is 0 Å². The van der Waals surface area contributed by atoms with Crippen molar-refractivity contribution in [3.05, 3.63) is 23.0 Å². The van der Waals surface area contributed by atoms with Gasteiger partial charge in [-0.15, -0.1) is 0 Å². The number of pyridine rings is 1. The quantitative estimate of drug-likeness (QED) is 0.918. The number of aryl methyl sites for hydroxylation is 1. The van der Waals surface area contributed by atoms with Gasteiger partial charge < -0.3 is 14.7 Å². The van der Waals surface area contributed by atoms with Gasteiger partial charge in [0.1, 0.15) is 0 Å². The van der Waals surface area contributed by atoms with Crippen LogP contribution in [0.2, 0.25) is 0 Å². The lowest BCUT2D eigenvalue weighted by molar-refractivity contribution is -0.120. The van der Waals surface area contributed by atoms with E-state index in [9.17, 15) is 9.59 Å². The third-order valence-electron chi connectivity index (χ3n) is 4.85. The summed E-state index contributed by atoms with van der Waals surface area (Å²) in [6.45, 7) is 3.50. The highest BCUT2D eigenvalue weighted by molar-refractivity contribution is 6.06. The van der Waals surface area contributed by atoms with Crippen LogP contribution < -0.4 is 5.32 Å². The average molecular weight is 342 g/mol. The number of carbonyl (C=O) groups is 2. The van der Waals surface area contributed by atoms with Crippen LogP contribution in [0, 0.1) is 0 Å². The minimum atomic E-state index is -0.0636. The summed E-state index contributed by atoms with van der Waals surface area (Å²) in [4.78, 5) is 31.1. The summed E-state index contributed by atoms with van der Waals surface area (Å²) in [5.41, 5.74) is 2.78. The van der Waals surface area contributed by atoms with Crippen molar-refractivity contribution in [3.63, 3.8) is 0 Å². The lowest BCUT2D eigenvalue weighted by Crippen LogP contribution is -2.34. The fourth-order valence-electron chi connectivity index (χ4n) is 3.33. The molecule has 0 unspecified atom stereocenters. The van der Waals surface area contributed by atoms with E-state index in [-0.39, 0.29) is 11.8 Å². The SMILES string of the molecule is CCCc1noc2nc(C3CC3)cc(C(=O)N3CCNC(=O)CC3)c12. The van der Waals surface area contributed by atoms with Crippen molar-refractivity contribution in [1.82, 2.24) is 20.4 Å². The summed E-state index contributed by atoms with van der Waals surface area (Å²) in [5.74, 6) is 0.347. The topological polar surface area (TPSA) is 88.3 Å². The normalized spacial score (nSPS) is 18.3. The van der Waals surface area contributed by atoms with E-state index in [2.05, 4.69) is 22.4 Å². The second-order valence-electron chi connectivity index (χ2n) is 6.82. The van der Waals surface area contributed by atoms with Gasteiger partial charge in [-0.3, -0.25) is 9.59 Å². The van der Waals surface area contributed by atoms with Crippen LogP contribution in [0.3, 0.4) is 0 Å². The van der Waals surface area contributed by atoms with Gasteiger partial charge in [0.05, 0.1) is 16.6 Å². The van der Waals surface area contributed by atoms with Gasteiger partial charge in [0.25, 0.3) is 11.6 Å². The van der Waals surface area contributed by atoms with Crippen LogP contribution in [0.5, 0.6) is 0 Å². The fraction of sp³-hybridized carbons (Fsp3) is 0.556. The van der Waals surface area contributed by atoms with Gasteiger partial charge in [0.15, 0.2) is 0 Å². The number of nitrogens with zero attached hydrogens (tertiary/aromatic N) is 3. The molecule has 4 rings (SSSR count). The van der Waals surface area contributed by atoms with Crippen LogP contribution in [-0.2, 0) is 11.2 Å². The van der Waals surface area contributed by atoms with Crippen molar-refractivity contribution in [1.29, 1.82) is 0 Å². The molecular formula is C18H22N4O3. The maximum Gasteiger partial charge on any atom is 0.259 e. The van der Waals surface area contributed by atoms with E-state index >= 15 is 0 Å². The molecule has 0 bridgehead atoms. The van der Waals surface area contributed by atoms with Crippen LogP contribution in [0.15, 0.2) is 10.6 Å². The number of rotatable bonds is 4. The molecule has 2 aliphatic rings. The smallest absolute Gasteiger partial charge is 0.259 e. The Morgan fingerprint density at radius 2 is 2.24 bits per heavy atom. The predicted molar refractivity (Wildman–Crippen MR) is 91.3 cm³/mol. The predicted octanol–water partition coefficient (Wildman–Crippen LogP) is 2.01. The molecule has 132 valence electrons. The third kappa shape index (κ3) is 3.10. The molecular weight excluding hydrogens is 320 g/mol. The van der Waals surface area contributed by atoms with Crippen molar-refractivity contribution in [2.75, 3.05) is 19.6 Å². The molecule has 2 aromatic heterocycles. The van der Waals surface area contributed by atoms with Gasteiger partial charge >= 0.3 is 0 Å². The van der Waals surface area contributed by atoms with E-state index in [1.807, 2.05) is 6.07 Å². The van der Waals surface area contributed by atoms with E-state index < -0.39 is 0 Å². The number of aromatic nitrogens is 2. The lowest BCUT2D eigenvalue weighted by Gasteiger charge is -2.20. The summed E-state index contributed by atoms with van der Waals surface area (Å²) < 4.78 is 5.44. The summed E-state index contributed by atoms with van der Waals surface area (Å²) in [6.07, 6.45) is 4.20. The minimum Gasteiger partial charge on any atom is -0.354 e. The highest BCUT2D eigenvalue weighted by Crippen LogP contribution is 2.40. The Hall–Kier alpha value is -2.44. The molecule has 7 heteroatoms. The van der Waals surface area contributed by atoms with Gasteiger partial charge in [-0.05, 0) is 25.3 Å². The van der Waals surface area contributed by atoms with E-state index in [1.54, 1.807) is 4.90 Å². The molecule has 1 aliphatic carbocycles. The average Bonchev–Trinajstić information content (AvgIpc) is 3.41. The molecule has 0 spiro atoms. The number of nitrogens with one attached hydrogen (secondary N) is 1. The Morgan fingerprint density at radius 1 is 1.40 bits per heavy atom. The van der Waals surface area contributed by atoms with E-state index in [1.165, 1.54) is 0 Å². The molecule has 0 radical (unpaired) electrons. The summed E-state index contributed by atoms with van der Waals surface area (Å²) >= 11 is 0. The zero-order valence-electron chi connectivity index (χ0n) is 14.4. The fourth-order valence-corrected chi connectivity index (χ4v) is 3.33. The molecule has 7 nitrogen and oxygen atoms in total. The highest BCUT2D eigenvalue weighted by Gasteiger charge is 2.30. The van der Waals surface area contributed by atoms with Gasteiger partial charge in [-0.1, -0.05) is 18.5 Å². The molecule has 0 atom stereocenters. The number of amides is 2. The summed E-state index contributed by atoms with van der Waals surface area (Å²) in [5, 5.41) is 7.69. The van der Waals surface area contributed by atoms with Crippen LogP contribution >= 0.6 is 0 Å². The molecule has 1 N–H and O–H groups in total. The summed E-state index contributed by atoms with van der Waals surface area (Å²) in [6, 6.07) is 1.92. The van der Waals surface area contributed by atoms with Crippen molar-refractivity contribution in [3.8, 4) is 0 Å². The molecule has 2 fully saturated rings. The van der Waals surface area contributed by atoms with Crippen LogP contribution in [0.4, 0.5) is 0 Å². The minimum absolute atomic E-state index is 0.00880. The number of hydrogen-bond acceptors (Lipinski definition) is 5. The van der Waals surface area contributed by atoms with Gasteiger partial charge in [-0.2, -0.15) is 0 Å². The molecule has 2 aromatic rings. The highest BCUT2D eigenvalue weighted by atomic mass is 16.5. The number of carbonyl (C=O) groups excluding carboxylic acids is 2. The Bertz CT molecular complexity index is 825. The third-order valence-corrected chi connectivity index (χ3v) is 4.85. The molecule has 1 saturated heterocycles. The second-order valence-corrected chi connectivity index (χ2v) is 6.82. The maximum atomic E-state index is 13.2. The maximum absolute atomic E-state index is 13.2. The van der Waals surface area contributed by atoms with Crippen molar-refractivity contribution < 1.29 is 14.1 Å². The van der Waals surface area contributed by atoms with E-state index in [0.717, 1.165) is 42.5 Å². The molecule has 1 saturated carbocycles. The van der Waals surface area contributed by atoms with E-state index in [4.69, 9.17) is 4.52 Å². The zero-order valence-corrected chi connectivity index (χ0v) is 14.4. The van der Waals surface area contributed by atoms with E-state index in [0.29, 0.717) is 43.2 Å².